The summed E-state index contributed by atoms with van der Waals surface area (Å²) in [6.45, 7) is 16.1. The molecule has 2 N–H and O–H groups in total. The van der Waals surface area contributed by atoms with Gasteiger partial charge in [-0.15, -0.1) is 0 Å². The fourth-order valence-electron chi connectivity index (χ4n) is 5.05. The van der Waals surface area contributed by atoms with E-state index >= 15 is 0 Å². The molecule has 1 aromatic heterocycles. The van der Waals surface area contributed by atoms with Crippen LogP contribution in [0.4, 0.5) is 0 Å². The van der Waals surface area contributed by atoms with Crippen LogP contribution in [0.1, 0.15) is 109 Å². The van der Waals surface area contributed by atoms with E-state index in [-0.39, 0.29) is 5.56 Å². The first-order chi connectivity index (χ1) is 16.4. The first-order valence-electron chi connectivity index (χ1n) is 13.5. The Morgan fingerprint density at radius 3 is 2.18 bits per heavy atom. The highest BCUT2D eigenvalue weighted by atomic mass is 16.1. The van der Waals surface area contributed by atoms with Crippen LogP contribution >= 0.6 is 0 Å². The smallest absolute Gasteiger partial charge is 0.260 e. The number of hydrogen-bond donors (Lipinski definition) is 1. The molecular weight excluding hydrogens is 418 g/mol. The van der Waals surface area contributed by atoms with E-state index < -0.39 is 0 Å². The monoisotopic (exact) mass is 465 g/mol. The van der Waals surface area contributed by atoms with E-state index in [9.17, 15) is 4.79 Å². The van der Waals surface area contributed by atoms with Crippen molar-refractivity contribution < 1.29 is 0 Å². The minimum atomic E-state index is 0.0127. The highest BCUT2D eigenvalue weighted by Crippen LogP contribution is 2.51. The third-order valence-corrected chi connectivity index (χ3v) is 7.02. The number of rotatable bonds is 7. The topological polar surface area (TPSA) is 60.4 Å². The van der Waals surface area contributed by atoms with E-state index in [1.54, 1.807) is 0 Å². The van der Waals surface area contributed by atoms with E-state index in [4.69, 9.17) is 5.73 Å². The van der Waals surface area contributed by atoms with Gasteiger partial charge >= 0.3 is 0 Å². The van der Waals surface area contributed by atoms with Crippen LogP contribution in [0.2, 0.25) is 0 Å². The lowest BCUT2D eigenvalue weighted by Crippen LogP contribution is -2.32. The maximum absolute atomic E-state index is 13.4. The highest BCUT2D eigenvalue weighted by Gasteiger charge is 2.43. The van der Waals surface area contributed by atoms with Crippen molar-refractivity contribution in [2.24, 2.45) is 22.6 Å². The van der Waals surface area contributed by atoms with Crippen molar-refractivity contribution in [1.29, 1.82) is 0 Å². The summed E-state index contributed by atoms with van der Waals surface area (Å²) in [4.78, 5) is 18.1. The van der Waals surface area contributed by atoms with Crippen LogP contribution in [0.5, 0.6) is 0 Å². The third-order valence-electron chi connectivity index (χ3n) is 7.02. The van der Waals surface area contributed by atoms with Crippen molar-refractivity contribution in [3.05, 3.63) is 63.1 Å². The van der Waals surface area contributed by atoms with Crippen LogP contribution < -0.4 is 11.3 Å². The maximum Gasteiger partial charge on any atom is 0.260 e. The van der Waals surface area contributed by atoms with E-state index in [0.717, 1.165) is 29.7 Å². The molecule has 0 bridgehead atoms. The molecule has 3 aliphatic carbocycles. The van der Waals surface area contributed by atoms with Gasteiger partial charge in [0.2, 0.25) is 0 Å². The molecule has 0 aliphatic heterocycles. The second kappa shape index (κ2) is 12.9. The molecule has 188 valence electrons. The highest BCUT2D eigenvalue weighted by molar-refractivity contribution is 6.10. The van der Waals surface area contributed by atoms with E-state index in [1.807, 2.05) is 46.2 Å². The Morgan fingerprint density at radius 2 is 1.74 bits per heavy atom. The van der Waals surface area contributed by atoms with E-state index in [0.29, 0.717) is 29.1 Å². The van der Waals surface area contributed by atoms with Crippen molar-refractivity contribution in [2.45, 2.75) is 99.0 Å². The zero-order chi connectivity index (χ0) is 25.4. The molecule has 0 saturated heterocycles. The van der Waals surface area contributed by atoms with Gasteiger partial charge in [-0.25, -0.2) is 0 Å². The molecule has 3 aliphatic rings. The van der Waals surface area contributed by atoms with Gasteiger partial charge in [0.15, 0.2) is 0 Å². The van der Waals surface area contributed by atoms with Gasteiger partial charge < -0.3 is 10.3 Å². The van der Waals surface area contributed by atoms with Gasteiger partial charge in [-0.05, 0) is 99.8 Å². The molecule has 4 heteroatoms. The number of aliphatic imine (C=N–C) groups is 1. The fraction of sp³-hybridized carbons (Fsp3) is 0.600. The van der Waals surface area contributed by atoms with E-state index in [1.165, 1.54) is 49.7 Å². The Balaban J connectivity index is 0.000000970. The standard InChI is InChI=1S/C26H35N3O.2C2H6/c1-16(19-8-6-5-7-9-19)14-23(28-4)22-15-29(25(20-10-11-20)21-12-13-21)26(30)24(17(22)2)18(3)27;2*1-2/h8,14-15,20-21,25H,3,5-7,9-13,27H2,1-2,4H3;2*1-2H3/b16-14+,28-23?;;. The minimum Gasteiger partial charge on any atom is -0.399 e. The van der Waals surface area contributed by atoms with Crippen molar-refractivity contribution >= 4 is 11.4 Å². The largest absolute Gasteiger partial charge is 0.399 e. The van der Waals surface area contributed by atoms with Gasteiger partial charge in [-0.1, -0.05) is 40.3 Å². The van der Waals surface area contributed by atoms with Crippen LogP contribution in [0.15, 0.2) is 45.9 Å². The fourth-order valence-corrected chi connectivity index (χ4v) is 5.05. The molecule has 0 unspecified atom stereocenters. The second-order valence-corrected chi connectivity index (χ2v) is 9.36. The van der Waals surface area contributed by atoms with Gasteiger partial charge in [0.25, 0.3) is 5.56 Å². The van der Waals surface area contributed by atoms with E-state index in [2.05, 4.69) is 36.8 Å². The summed E-state index contributed by atoms with van der Waals surface area (Å²) >= 11 is 0. The van der Waals surface area contributed by atoms with Gasteiger partial charge in [-0.2, -0.15) is 0 Å². The normalized spacial score (nSPS) is 18.4. The first kappa shape index (κ1) is 27.9. The van der Waals surface area contributed by atoms with Crippen LogP contribution in [0.3, 0.4) is 0 Å². The summed E-state index contributed by atoms with van der Waals surface area (Å²) in [6.07, 6.45) is 16.3. The van der Waals surface area contributed by atoms with Crippen LogP contribution in [0, 0.1) is 18.8 Å². The number of hydrogen-bond acceptors (Lipinski definition) is 3. The van der Waals surface area contributed by atoms with Crippen molar-refractivity contribution in [1.82, 2.24) is 4.57 Å². The third kappa shape index (κ3) is 6.40. The summed E-state index contributed by atoms with van der Waals surface area (Å²) in [5.74, 6) is 1.24. The Kier molecular flexibility index (Phi) is 10.6. The summed E-state index contributed by atoms with van der Waals surface area (Å²) in [7, 11) is 1.83. The molecule has 4 nitrogen and oxygen atoms in total. The quantitative estimate of drug-likeness (QED) is 0.427. The maximum atomic E-state index is 13.4. The average Bonchev–Trinajstić information content (AvgIpc) is 3.78. The lowest BCUT2D eigenvalue weighted by molar-refractivity contribution is 0.383. The molecular formula is C30H47N3O. The van der Waals surface area contributed by atoms with Crippen LogP contribution in [-0.2, 0) is 0 Å². The minimum absolute atomic E-state index is 0.0127. The molecule has 1 heterocycles. The first-order valence-corrected chi connectivity index (χ1v) is 13.5. The van der Waals surface area contributed by atoms with Gasteiger partial charge in [0.05, 0.1) is 11.3 Å². The van der Waals surface area contributed by atoms with Crippen LogP contribution in [-0.4, -0.2) is 17.3 Å². The zero-order valence-electron chi connectivity index (χ0n) is 22.7. The molecule has 0 amide bonds. The molecule has 0 spiro atoms. The summed E-state index contributed by atoms with van der Waals surface area (Å²) in [6, 6.07) is 0.291. The Bertz CT molecular complexity index is 989. The summed E-state index contributed by atoms with van der Waals surface area (Å²) in [5.41, 5.74) is 12.5. The lowest BCUT2D eigenvalue weighted by Gasteiger charge is -2.23. The number of allylic oxidation sites excluding steroid dienone is 4. The van der Waals surface area contributed by atoms with Crippen molar-refractivity contribution in [3.8, 4) is 0 Å². The van der Waals surface area contributed by atoms with Gasteiger partial charge in [-0.3, -0.25) is 9.79 Å². The van der Waals surface area contributed by atoms with Crippen molar-refractivity contribution in [3.63, 3.8) is 0 Å². The molecule has 2 fully saturated rings. The lowest BCUT2D eigenvalue weighted by atomic mass is 9.92. The number of nitrogens with zero attached hydrogens (tertiary/aromatic N) is 2. The molecule has 0 atom stereocenters. The molecule has 1 aromatic rings. The zero-order valence-corrected chi connectivity index (χ0v) is 22.7. The molecule has 0 radical (unpaired) electrons. The van der Waals surface area contributed by atoms with Crippen molar-refractivity contribution in [2.75, 3.05) is 7.05 Å². The predicted octanol–water partition coefficient (Wildman–Crippen LogP) is 7.37. The molecule has 34 heavy (non-hydrogen) atoms. The van der Waals surface area contributed by atoms with Gasteiger partial charge in [0, 0.05) is 30.5 Å². The Morgan fingerprint density at radius 1 is 1.15 bits per heavy atom. The number of aromatic nitrogens is 1. The molecule has 4 rings (SSSR count). The summed E-state index contributed by atoms with van der Waals surface area (Å²) < 4.78 is 1.99. The number of pyridine rings is 1. The average molecular weight is 466 g/mol. The van der Waals surface area contributed by atoms with Crippen LogP contribution in [0.25, 0.3) is 5.70 Å². The Hall–Kier alpha value is -2.36. The van der Waals surface area contributed by atoms with Gasteiger partial charge in [0.1, 0.15) is 0 Å². The number of nitrogens with two attached hydrogens (primary N) is 1. The predicted molar refractivity (Wildman–Crippen MR) is 149 cm³/mol. The SMILES string of the molecule is C=C(N)c1c(C)c(C(/C=C(\C)C2=CCCCC2)=NC)cn(C(C2CC2)C2CC2)c1=O.CC.CC. The second-order valence-electron chi connectivity index (χ2n) is 9.36. The Labute approximate surface area is 207 Å². The molecule has 2 saturated carbocycles. The summed E-state index contributed by atoms with van der Waals surface area (Å²) in [5, 5.41) is 0. The molecule has 0 aromatic carbocycles.